The van der Waals surface area contributed by atoms with Gasteiger partial charge in [0.15, 0.2) is 6.61 Å². The lowest BCUT2D eigenvalue weighted by Gasteiger charge is -2.11. The van der Waals surface area contributed by atoms with E-state index in [2.05, 4.69) is 21.2 Å². The summed E-state index contributed by atoms with van der Waals surface area (Å²) in [4.78, 5) is 24.0. The number of carbonyl (C=O) groups is 2. The van der Waals surface area contributed by atoms with E-state index in [1.807, 2.05) is 0 Å². The molecule has 0 aliphatic rings. The van der Waals surface area contributed by atoms with Gasteiger partial charge in [-0.2, -0.15) is 18.4 Å². The van der Waals surface area contributed by atoms with Gasteiger partial charge in [-0.3, -0.25) is 4.79 Å². The number of hydrogen-bond acceptors (Lipinski definition) is 5. The molecule has 1 N–H and O–H groups in total. The van der Waals surface area contributed by atoms with E-state index >= 15 is 0 Å². The fourth-order valence-electron chi connectivity index (χ4n) is 2.38. The lowest BCUT2D eigenvalue weighted by Crippen LogP contribution is -2.15. The molecule has 2 aromatic rings. The van der Waals surface area contributed by atoms with Crippen molar-refractivity contribution in [1.82, 2.24) is 0 Å². The van der Waals surface area contributed by atoms with Crippen LogP contribution in [0.2, 0.25) is 0 Å². The number of amides is 1. The average Bonchev–Trinajstić information content (AvgIpc) is 2.71. The fourth-order valence-corrected chi connectivity index (χ4v) is 2.76. The summed E-state index contributed by atoms with van der Waals surface area (Å²) < 4.78 is 49.3. The maximum atomic E-state index is 12.8. The Morgan fingerprint density at radius 2 is 1.97 bits per heavy atom. The van der Waals surface area contributed by atoms with Crippen molar-refractivity contribution in [2.24, 2.45) is 0 Å². The molecule has 0 radical (unpaired) electrons. The molecule has 2 aromatic carbocycles. The van der Waals surface area contributed by atoms with Crippen LogP contribution in [0.3, 0.4) is 0 Å². The van der Waals surface area contributed by atoms with E-state index in [4.69, 9.17) is 9.47 Å². The third-order valence-corrected chi connectivity index (χ3v) is 4.23. The van der Waals surface area contributed by atoms with Gasteiger partial charge in [0.2, 0.25) is 0 Å². The number of ether oxygens (including phenoxy) is 2. The van der Waals surface area contributed by atoms with Crippen LogP contribution >= 0.6 is 15.9 Å². The van der Waals surface area contributed by atoms with Crippen LogP contribution in [0.25, 0.3) is 6.08 Å². The van der Waals surface area contributed by atoms with Gasteiger partial charge in [0, 0.05) is 15.7 Å². The standard InChI is InChI=1S/C21H16BrF3N2O4/c1-2-30-19(28)12-31-18-7-6-16(22)9-13(18)8-14(11-26)20(29)27-17-5-3-4-15(10-17)21(23,24)25/h3-10H,2,12H2,1H3,(H,27,29)/b14-8-. The number of esters is 1. The minimum absolute atomic E-state index is 0.117. The molecule has 31 heavy (non-hydrogen) atoms. The minimum Gasteiger partial charge on any atom is -0.481 e. The number of nitrogens with one attached hydrogen (secondary N) is 1. The number of hydrogen-bond donors (Lipinski definition) is 1. The first kappa shape index (κ1) is 24.0. The van der Waals surface area contributed by atoms with Gasteiger partial charge >= 0.3 is 12.1 Å². The van der Waals surface area contributed by atoms with Gasteiger partial charge in [0.05, 0.1) is 12.2 Å². The molecule has 0 saturated heterocycles. The molecule has 0 saturated carbocycles. The Morgan fingerprint density at radius 3 is 2.61 bits per heavy atom. The van der Waals surface area contributed by atoms with Crippen LogP contribution < -0.4 is 10.1 Å². The predicted molar refractivity (Wildman–Crippen MR) is 110 cm³/mol. The molecule has 162 valence electrons. The van der Waals surface area contributed by atoms with Crippen molar-refractivity contribution in [3.05, 3.63) is 63.6 Å². The van der Waals surface area contributed by atoms with Crippen molar-refractivity contribution < 1.29 is 32.2 Å². The monoisotopic (exact) mass is 496 g/mol. The number of nitrogens with zero attached hydrogens (tertiary/aromatic N) is 1. The van der Waals surface area contributed by atoms with E-state index in [-0.39, 0.29) is 30.2 Å². The van der Waals surface area contributed by atoms with Crippen LogP contribution in [0.15, 0.2) is 52.5 Å². The molecular formula is C21H16BrF3N2O4. The molecule has 0 fully saturated rings. The maximum Gasteiger partial charge on any atom is 0.416 e. The summed E-state index contributed by atoms with van der Waals surface area (Å²) in [5.74, 6) is -1.29. The molecule has 2 rings (SSSR count). The maximum absolute atomic E-state index is 12.8. The van der Waals surface area contributed by atoms with Crippen molar-refractivity contribution >= 4 is 39.6 Å². The number of halogens is 4. The highest BCUT2D eigenvalue weighted by Gasteiger charge is 2.30. The van der Waals surface area contributed by atoms with Crippen LogP contribution in [0.5, 0.6) is 5.75 Å². The molecule has 10 heteroatoms. The first-order valence-corrected chi connectivity index (χ1v) is 9.61. The zero-order valence-electron chi connectivity index (χ0n) is 16.1. The first-order valence-electron chi connectivity index (χ1n) is 8.82. The zero-order valence-corrected chi connectivity index (χ0v) is 17.7. The molecule has 1 amide bonds. The van der Waals surface area contributed by atoms with Crippen LogP contribution in [-0.4, -0.2) is 25.1 Å². The Kier molecular flexibility index (Phi) is 8.22. The van der Waals surface area contributed by atoms with Gasteiger partial charge < -0.3 is 14.8 Å². The largest absolute Gasteiger partial charge is 0.481 e. The second-order valence-electron chi connectivity index (χ2n) is 5.98. The van der Waals surface area contributed by atoms with Crippen molar-refractivity contribution in [2.45, 2.75) is 13.1 Å². The molecular weight excluding hydrogens is 481 g/mol. The summed E-state index contributed by atoms with van der Waals surface area (Å²) in [6, 6.07) is 10.5. The molecule has 0 unspecified atom stereocenters. The fraction of sp³-hybridized carbons (Fsp3) is 0.190. The number of benzene rings is 2. The van der Waals surface area contributed by atoms with Gasteiger partial charge in [-0.25, -0.2) is 4.79 Å². The van der Waals surface area contributed by atoms with Gasteiger partial charge in [-0.1, -0.05) is 22.0 Å². The summed E-state index contributed by atoms with van der Waals surface area (Å²) in [5.41, 5.74) is -1.13. The van der Waals surface area contributed by atoms with E-state index in [0.29, 0.717) is 10.0 Å². The molecule has 6 nitrogen and oxygen atoms in total. The normalized spacial score (nSPS) is 11.4. The number of alkyl halides is 3. The van der Waals surface area contributed by atoms with E-state index < -0.39 is 23.6 Å². The second kappa shape index (κ2) is 10.6. The second-order valence-corrected chi connectivity index (χ2v) is 6.89. The molecule has 0 heterocycles. The van der Waals surface area contributed by atoms with Crippen LogP contribution in [-0.2, 0) is 20.5 Å². The molecule has 0 atom stereocenters. The topological polar surface area (TPSA) is 88.4 Å². The molecule has 0 aromatic heterocycles. The first-order chi connectivity index (χ1) is 14.6. The SMILES string of the molecule is CCOC(=O)COc1ccc(Br)cc1/C=C(/C#N)C(=O)Nc1cccc(C(F)(F)F)c1. The van der Waals surface area contributed by atoms with Crippen molar-refractivity contribution in [3.63, 3.8) is 0 Å². The molecule has 0 bridgehead atoms. The summed E-state index contributed by atoms with van der Waals surface area (Å²) >= 11 is 3.26. The lowest BCUT2D eigenvalue weighted by molar-refractivity contribution is -0.145. The Bertz CT molecular complexity index is 1050. The Morgan fingerprint density at radius 1 is 1.23 bits per heavy atom. The van der Waals surface area contributed by atoms with Crippen molar-refractivity contribution in [2.75, 3.05) is 18.5 Å². The highest BCUT2D eigenvalue weighted by Crippen LogP contribution is 2.31. The minimum atomic E-state index is -4.57. The van der Waals surface area contributed by atoms with Crippen LogP contribution in [0, 0.1) is 11.3 Å². The Labute approximate surface area is 184 Å². The average molecular weight is 497 g/mol. The highest BCUT2D eigenvalue weighted by atomic mass is 79.9. The molecule has 0 aliphatic carbocycles. The summed E-state index contributed by atoms with van der Waals surface area (Å²) in [6.07, 6.45) is -3.37. The van der Waals surface area contributed by atoms with E-state index in [0.717, 1.165) is 18.2 Å². The number of carbonyl (C=O) groups excluding carboxylic acids is 2. The van der Waals surface area contributed by atoms with Gasteiger partial charge in [-0.15, -0.1) is 0 Å². The quantitative estimate of drug-likeness (QED) is 0.332. The third-order valence-electron chi connectivity index (χ3n) is 3.74. The zero-order chi connectivity index (χ0) is 23.0. The van der Waals surface area contributed by atoms with Crippen LogP contribution in [0.4, 0.5) is 18.9 Å². The predicted octanol–water partition coefficient (Wildman–Crippen LogP) is 4.96. The molecule has 0 spiro atoms. The summed E-state index contributed by atoms with van der Waals surface area (Å²) in [7, 11) is 0. The third kappa shape index (κ3) is 7.15. The van der Waals surface area contributed by atoms with Gasteiger partial charge in [0.1, 0.15) is 17.4 Å². The van der Waals surface area contributed by atoms with E-state index in [9.17, 15) is 28.0 Å². The summed E-state index contributed by atoms with van der Waals surface area (Å²) in [6.45, 7) is 1.45. The molecule has 0 aliphatic heterocycles. The summed E-state index contributed by atoms with van der Waals surface area (Å²) in [5, 5.41) is 11.7. The van der Waals surface area contributed by atoms with Crippen molar-refractivity contribution in [1.29, 1.82) is 5.26 Å². The number of anilines is 1. The Hall–Kier alpha value is -3.32. The van der Waals surface area contributed by atoms with Crippen LogP contribution in [0.1, 0.15) is 18.1 Å². The van der Waals surface area contributed by atoms with E-state index in [1.165, 1.54) is 18.2 Å². The van der Waals surface area contributed by atoms with Gasteiger partial charge in [-0.05, 0) is 49.4 Å². The van der Waals surface area contributed by atoms with Crippen molar-refractivity contribution in [3.8, 4) is 11.8 Å². The lowest BCUT2D eigenvalue weighted by atomic mass is 10.1. The number of nitriles is 1. The van der Waals surface area contributed by atoms with Gasteiger partial charge in [0.25, 0.3) is 5.91 Å². The Balaban J connectivity index is 2.27. The van der Waals surface area contributed by atoms with E-state index in [1.54, 1.807) is 25.1 Å². The highest BCUT2D eigenvalue weighted by molar-refractivity contribution is 9.10. The smallest absolute Gasteiger partial charge is 0.416 e. The number of rotatable bonds is 7.